The minimum atomic E-state index is -5.11. The molecule has 0 radical (unpaired) electrons. The number of alkyl halides is 3. The van der Waals surface area contributed by atoms with E-state index in [4.69, 9.17) is 11.6 Å². The Balaban J connectivity index is 2.85. The zero-order valence-corrected chi connectivity index (χ0v) is 16.0. The lowest BCUT2D eigenvalue weighted by Gasteiger charge is -2.15. The van der Waals surface area contributed by atoms with E-state index < -0.39 is 43.7 Å². The summed E-state index contributed by atoms with van der Waals surface area (Å²) in [6.07, 6.45) is -5.11. The van der Waals surface area contributed by atoms with Gasteiger partial charge in [0.15, 0.2) is 5.69 Å². The van der Waals surface area contributed by atoms with Crippen molar-refractivity contribution in [2.45, 2.75) is 6.18 Å². The number of anilines is 2. The van der Waals surface area contributed by atoms with Crippen molar-refractivity contribution < 1.29 is 23.0 Å². The molecule has 0 bridgehead atoms. The van der Waals surface area contributed by atoms with Gasteiger partial charge in [0.05, 0.1) is 21.1 Å². The monoisotopic (exact) mass is 517 g/mol. The van der Waals surface area contributed by atoms with Crippen molar-refractivity contribution >= 4 is 66.2 Å². The lowest BCUT2D eigenvalue weighted by Crippen LogP contribution is -2.11. The molecule has 0 aliphatic heterocycles. The summed E-state index contributed by atoms with van der Waals surface area (Å²) in [5.41, 5.74) is -4.71. The SMILES string of the molecule is O=[N+]([O-])c1cc(C(F)(F)F)c(Cl)c([N+](=O)[O-])c1Nc1c(Br)cccc1Br. The largest absolute Gasteiger partial charge is 0.418 e. The van der Waals surface area contributed by atoms with Crippen LogP contribution in [0.4, 0.5) is 35.9 Å². The second kappa shape index (κ2) is 7.37. The van der Waals surface area contributed by atoms with Crippen LogP contribution in [0.15, 0.2) is 33.2 Å². The third-order valence-corrected chi connectivity index (χ3v) is 4.82. The Labute approximate surface area is 164 Å². The van der Waals surface area contributed by atoms with Crippen LogP contribution in [-0.2, 0) is 6.18 Å². The second-order valence-electron chi connectivity index (χ2n) is 4.71. The van der Waals surface area contributed by atoms with Crippen LogP contribution in [0.3, 0.4) is 0 Å². The average molecular weight is 519 g/mol. The summed E-state index contributed by atoms with van der Waals surface area (Å²) in [4.78, 5) is 20.2. The number of nitro benzene ring substituents is 2. The number of hydrogen-bond acceptors (Lipinski definition) is 5. The van der Waals surface area contributed by atoms with E-state index in [0.29, 0.717) is 8.95 Å². The summed E-state index contributed by atoms with van der Waals surface area (Å²) in [5, 5.41) is 23.8. The Morgan fingerprint density at radius 2 is 1.58 bits per heavy atom. The Morgan fingerprint density at radius 1 is 1.04 bits per heavy atom. The lowest BCUT2D eigenvalue weighted by atomic mass is 10.1. The van der Waals surface area contributed by atoms with Crippen LogP contribution >= 0.6 is 43.5 Å². The molecule has 0 aromatic heterocycles. The lowest BCUT2D eigenvalue weighted by molar-refractivity contribution is -0.392. The molecule has 2 aromatic carbocycles. The third-order valence-electron chi connectivity index (χ3n) is 3.12. The highest BCUT2D eigenvalue weighted by molar-refractivity contribution is 9.11. The van der Waals surface area contributed by atoms with Crippen LogP contribution in [0.5, 0.6) is 0 Å². The van der Waals surface area contributed by atoms with Gasteiger partial charge in [-0.15, -0.1) is 0 Å². The molecule has 1 N–H and O–H groups in total. The molecule has 0 spiro atoms. The maximum Gasteiger partial charge on any atom is 0.418 e. The van der Waals surface area contributed by atoms with E-state index in [-0.39, 0.29) is 11.8 Å². The molecule has 0 unspecified atom stereocenters. The van der Waals surface area contributed by atoms with Crippen LogP contribution in [0.25, 0.3) is 0 Å². The Bertz CT molecular complexity index is 904. The molecule has 0 amide bonds. The van der Waals surface area contributed by atoms with Gasteiger partial charge in [0.25, 0.3) is 0 Å². The predicted octanol–water partition coefficient (Wildman–Crippen LogP) is 6.44. The van der Waals surface area contributed by atoms with E-state index in [1.807, 2.05) is 0 Å². The van der Waals surface area contributed by atoms with Gasteiger partial charge in [0.1, 0.15) is 5.02 Å². The minimum Gasteiger partial charge on any atom is -0.342 e. The van der Waals surface area contributed by atoms with Gasteiger partial charge >= 0.3 is 17.6 Å². The maximum absolute atomic E-state index is 13.1. The van der Waals surface area contributed by atoms with Crippen molar-refractivity contribution in [3.05, 3.63) is 64.0 Å². The maximum atomic E-state index is 13.1. The summed E-state index contributed by atoms with van der Waals surface area (Å²) >= 11 is 11.9. The molecule has 26 heavy (non-hydrogen) atoms. The molecule has 2 aromatic rings. The highest BCUT2D eigenvalue weighted by Crippen LogP contribution is 2.49. The van der Waals surface area contributed by atoms with E-state index in [1.54, 1.807) is 6.07 Å². The predicted molar refractivity (Wildman–Crippen MR) is 94.9 cm³/mol. The van der Waals surface area contributed by atoms with Crippen LogP contribution in [0.2, 0.25) is 5.02 Å². The molecular weight excluding hydrogens is 514 g/mol. The van der Waals surface area contributed by atoms with Gasteiger partial charge < -0.3 is 5.32 Å². The van der Waals surface area contributed by atoms with Crippen LogP contribution < -0.4 is 5.32 Å². The molecule has 0 fully saturated rings. The average Bonchev–Trinajstić information content (AvgIpc) is 2.49. The molecule has 0 heterocycles. The number of para-hydroxylation sites is 1. The molecule has 0 saturated carbocycles. The second-order valence-corrected chi connectivity index (χ2v) is 6.80. The molecule has 0 atom stereocenters. The molecule has 138 valence electrons. The number of halogens is 6. The number of rotatable bonds is 4. The fourth-order valence-corrected chi connectivity index (χ4v) is 3.54. The molecule has 13 heteroatoms. The highest BCUT2D eigenvalue weighted by atomic mass is 79.9. The third kappa shape index (κ3) is 3.91. The number of nitrogens with one attached hydrogen (secondary N) is 1. The van der Waals surface area contributed by atoms with E-state index >= 15 is 0 Å². The first-order valence-corrected chi connectivity index (χ1v) is 8.35. The van der Waals surface area contributed by atoms with Gasteiger partial charge in [0.2, 0.25) is 0 Å². The number of nitrogens with zero attached hydrogens (tertiary/aromatic N) is 2. The van der Waals surface area contributed by atoms with Gasteiger partial charge in [-0.2, -0.15) is 13.2 Å². The topological polar surface area (TPSA) is 98.3 Å². The molecular formula is C13H5Br2ClF3N3O4. The number of nitro groups is 2. The summed E-state index contributed by atoms with van der Waals surface area (Å²) in [7, 11) is 0. The van der Waals surface area contributed by atoms with E-state index in [2.05, 4.69) is 37.2 Å². The number of hydrogen-bond donors (Lipinski definition) is 1. The van der Waals surface area contributed by atoms with Crippen LogP contribution in [0.1, 0.15) is 5.56 Å². The Morgan fingerprint density at radius 3 is 2.00 bits per heavy atom. The minimum absolute atomic E-state index is 0.134. The summed E-state index contributed by atoms with van der Waals surface area (Å²) < 4.78 is 39.9. The van der Waals surface area contributed by atoms with E-state index in [9.17, 15) is 33.4 Å². The van der Waals surface area contributed by atoms with Gasteiger partial charge in [-0.25, -0.2) is 0 Å². The van der Waals surface area contributed by atoms with Crippen molar-refractivity contribution in [3.8, 4) is 0 Å². The van der Waals surface area contributed by atoms with Crippen molar-refractivity contribution in [3.63, 3.8) is 0 Å². The summed E-state index contributed by atoms with van der Waals surface area (Å²) in [6.45, 7) is 0. The molecule has 0 saturated heterocycles. The molecule has 7 nitrogen and oxygen atoms in total. The van der Waals surface area contributed by atoms with Crippen molar-refractivity contribution in [2.24, 2.45) is 0 Å². The zero-order valence-electron chi connectivity index (χ0n) is 12.1. The summed E-state index contributed by atoms with van der Waals surface area (Å²) in [5.74, 6) is 0. The standard InChI is InChI=1S/C13H5Br2ClF3N3O4/c14-6-2-1-3-7(15)10(6)20-11-8(21(23)24)4-5(13(17,18)19)9(16)12(11)22(25)26/h1-4,20H. The van der Waals surface area contributed by atoms with Crippen molar-refractivity contribution in [1.29, 1.82) is 0 Å². The first-order chi connectivity index (χ1) is 11.9. The first-order valence-electron chi connectivity index (χ1n) is 6.38. The molecule has 0 aliphatic rings. The Hall–Kier alpha value is -1.92. The zero-order chi connectivity index (χ0) is 19.8. The molecule has 2 rings (SSSR count). The normalized spacial score (nSPS) is 11.3. The highest BCUT2D eigenvalue weighted by Gasteiger charge is 2.42. The van der Waals surface area contributed by atoms with Gasteiger partial charge in [-0.1, -0.05) is 17.7 Å². The van der Waals surface area contributed by atoms with E-state index in [0.717, 1.165) is 0 Å². The van der Waals surface area contributed by atoms with Crippen molar-refractivity contribution in [1.82, 2.24) is 0 Å². The van der Waals surface area contributed by atoms with Gasteiger partial charge in [-0.05, 0) is 44.0 Å². The fraction of sp³-hybridized carbons (Fsp3) is 0.0769. The van der Waals surface area contributed by atoms with Crippen LogP contribution in [0, 0.1) is 20.2 Å². The van der Waals surface area contributed by atoms with Gasteiger partial charge in [0, 0.05) is 15.0 Å². The molecule has 0 aliphatic carbocycles. The fourth-order valence-electron chi connectivity index (χ4n) is 2.02. The van der Waals surface area contributed by atoms with Crippen LogP contribution in [-0.4, -0.2) is 9.85 Å². The summed E-state index contributed by atoms with van der Waals surface area (Å²) in [6, 6.07) is 4.80. The number of benzene rings is 2. The quantitative estimate of drug-likeness (QED) is 0.370. The Kier molecular flexibility index (Phi) is 5.78. The van der Waals surface area contributed by atoms with Gasteiger partial charge in [-0.3, -0.25) is 20.2 Å². The first kappa shape index (κ1) is 20.4. The van der Waals surface area contributed by atoms with E-state index in [1.165, 1.54) is 12.1 Å². The smallest absolute Gasteiger partial charge is 0.342 e. The van der Waals surface area contributed by atoms with Crippen molar-refractivity contribution in [2.75, 3.05) is 5.32 Å².